The second-order valence-electron chi connectivity index (χ2n) is 9.01. The summed E-state index contributed by atoms with van der Waals surface area (Å²) in [5.74, 6) is -0.422. The molecule has 36 heavy (non-hydrogen) atoms. The van der Waals surface area contributed by atoms with Gasteiger partial charge in [0.15, 0.2) is 0 Å². The number of hydrogen-bond donors (Lipinski definition) is 2. The van der Waals surface area contributed by atoms with Crippen LogP contribution in [0, 0.1) is 0 Å². The molecule has 2 fully saturated rings. The van der Waals surface area contributed by atoms with E-state index in [9.17, 15) is 19.2 Å². The average molecular weight is 486 g/mol. The molecule has 3 heterocycles. The lowest BCUT2D eigenvalue weighted by Crippen LogP contribution is -2.54. The second kappa shape index (κ2) is 8.63. The number of amides is 4. The molecule has 0 spiro atoms. The van der Waals surface area contributed by atoms with Gasteiger partial charge >= 0.3 is 0 Å². The van der Waals surface area contributed by atoms with E-state index in [1.54, 1.807) is 24.4 Å². The molecule has 2 aliphatic heterocycles. The Morgan fingerprint density at radius 3 is 2.69 bits per heavy atom. The molecule has 3 aliphatic rings. The first-order valence-corrected chi connectivity index (χ1v) is 11.8. The third-order valence-electron chi connectivity index (χ3n) is 6.38. The molecule has 10 heteroatoms. The largest absolute Gasteiger partial charge is 0.490 e. The van der Waals surface area contributed by atoms with Crippen LogP contribution < -0.4 is 15.4 Å². The topological polar surface area (TPSA) is 131 Å². The third-order valence-corrected chi connectivity index (χ3v) is 6.38. The molecular formula is C26H22N4O6. The van der Waals surface area contributed by atoms with E-state index in [0.29, 0.717) is 17.3 Å². The van der Waals surface area contributed by atoms with Crippen LogP contribution >= 0.6 is 0 Å². The summed E-state index contributed by atoms with van der Waals surface area (Å²) < 4.78 is 11.7. The first-order valence-electron chi connectivity index (χ1n) is 11.8. The molecule has 1 saturated carbocycles. The average Bonchev–Trinajstić information content (AvgIpc) is 3.49. The molecule has 1 saturated heterocycles. The SMILES string of the molecule is O=C1CCC(N2C(=O)c3cccc(NCc4cnc(-c5cccc(OC6CC6)c5)o4)c3C2=O)C(=O)N1. The maximum atomic E-state index is 13.2. The van der Waals surface area contributed by atoms with E-state index in [4.69, 9.17) is 9.15 Å². The number of aromatic nitrogens is 1. The highest BCUT2D eigenvalue weighted by atomic mass is 16.5. The van der Waals surface area contributed by atoms with Crippen molar-refractivity contribution in [1.29, 1.82) is 0 Å². The van der Waals surface area contributed by atoms with E-state index in [-0.39, 0.29) is 36.6 Å². The van der Waals surface area contributed by atoms with E-state index in [1.807, 2.05) is 24.3 Å². The lowest BCUT2D eigenvalue weighted by Gasteiger charge is -2.27. The van der Waals surface area contributed by atoms with E-state index in [2.05, 4.69) is 15.6 Å². The number of carbonyl (C=O) groups excluding carboxylic acids is 4. The molecule has 6 rings (SSSR count). The Morgan fingerprint density at radius 1 is 1.06 bits per heavy atom. The van der Waals surface area contributed by atoms with Gasteiger partial charge in [-0.1, -0.05) is 12.1 Å². The molecule has 0 radical (unpaired) electrons. The zero-order valence-corrected chi connectivity index (χ0v) is 19.2. The van der Waals surface area contributed by atoms with Gasteiger partial charge in [0.2, 0.25) is 17.7 Å². The first kappa shape index (κ1) is 22.0. The van der Waals surface area contributed by atoms with Crippen molar-refractivity contribution in [3.63, 3.8) is 0 Å². The van der Waals surface area contributed by atoms with Gasteiger partial charge in [-0.15, -0.1) is 0 Å². The molecule has 182 valence electrons. The predicted octanol–water partition coefficient (Wildman–Crippen LogP) is 2.90. The van der Waals surface area contributed by atoms with Crippen molar-refractivity contribution in [3.8, 4) is 17.2 Å². The van der Waals surface area contributed by atoms with Crippen LogP contribution in [0.1, 0.15) is 52.2 Å². The van der Waals surface area contributed by atoms with Crippen molar-refractivity contribution < 1.29 is 28.3 Å². The van der Waals surface area contributed by atoms with Crippen LogP contribution in [0.3, 0.4) is 0 Å². The van der Waals surface area contributed by atoms with Gasteiger partial charge < -0.3 is 14.5 Å². The zero-order chi connectivity index (χ0) is 24.8. The van der Waals surface area contributed by atoms with Gasteiger partial charge in [0.25, 0.3) is 11.8 Å². The Bertz CT molecular complexity index is 1410. The minimum absolute atomic E-state index is 0.0678. The van der Waals surface area contributed by atoms with Crippen molar-refractivity contribution in [2.45, 2.75) is 44.4 Å². The molecule has 4 amide bonds. The van der Waals surface area contributed by atoms with Crippen molar-refractivity contribution in [1.82, 2.24) is 15.2 Å². The summed E-state index contributed by atoms with van der Waals surface area (Å²) >= 11 is 0. The number of nitrogens with zero attached hydrogens (tertiary/aromatic N) is 2. The number of fused-ring (bicyclic) bond motifs is 1. The highest BCUT2D eigenvalue weighted by molar-refractivity contribution is 6.25. The number of imide groups is 2. The highest BCUT2D eigenvalue weighted by Gasteiger charge is 2.45. The van der Waals surface area contributed by atoms with Crippen molar-refractivity contribution in [3.05, 3.63) is 65.5 Å². The number of hydrogen-bond acceptors (Lipinski definition) is 8. The number of nitrogens with one attached hydrogen (secondary N) is 2. The van der Waals surface area contributed by atoms with Gasteiger partial charge in [0.1, 0.15) is 17.6 Å². The van der Waals surface area contributed by atoms with Crippen LogP contribution in [-0.4, -0.2) is 45.7 Å². The quantitative estimate of drug-likeness (QED) is 0.488. The number of anilines is 1. The Morgan fingerprint density at radius 2 is 1.89 bits per heavy atom. The lowest BCUT2D eigenvalue weighted by atomic mass is 10.0. The van der Waals surface area contributed by atoms with Crippen LogP contribution in [-0.2, 0) is 16.1 Å². The molecule has 1 aromatic heterocycles. The van der Waals surface area contributed by atoms with Gasteiger partial charge in [0, 0.05) is 17.7 Å². The molecule has 3 aromatic rings. The fourth-order valence-corrected chi connectivity index (χ4v) is 4.45. The lowest BCUT2D eigenvalue weighted by molar-refractivity contribution is -0.136. The summed E-state index contributed by atoms with van der Waals surface area (Å²) in [5.41, 5.74) is 1.64. The van der Waals surface area contributed by atoms with Crippen LogP contribution in [0.15, 0.2) is 53.1 Å². The van der Waals surface area contributed by atoms with Crippen LogP contribution in [0.2, 0.25) is 0 Å². The summed E-state index contributed by atoms with van der Waals surface area (Å²) in [5, 5.41) is 5.35. The Hall–Kier alpha value is -4.47. The molecule has 2 aromatic carbocycles. The van der Waals surface area contributed by atoms with Crippen LogP contribution in [0.25, 0.3) is 11.5 Å². The Labute approximate surface area is 205 Å². The molecule has 10 nitrogen and oxygen atoms in total. The molecule has 1 atom stereocenters. The molecule has 0 bridgehead atoms. The van der Waals surface area contributed by atoms with Crippen molar-refractivity contribution in [2.75, 3.05) is 5.32 Å². The van der Waals surface area contributed by atoms with Gasteiger partial charge in [-0.2, -0.15) is 0 Å². The predicted molar refractivity (Wildman–Crippen MR) is 126 cm³/mol. The number of piperidine rings is 1. The smallest absolute Gasteiger partial charge is 0.264 e. The summed E-state index contributed by atoms with van der Waals surface area (Å²) in [6.45, 7) is 0.224. The molecular weight excluding hydrogens is 464 g/mol. The summed E-state index contributed by atoms with van der Waals surface area (Å²) in [6.07, 6.45) is 4.20. The van der Waals surface area contributed by atoms with E-state index in [0.717, 1.165) is 29.1 Å². The van der Waals surface area contributed by atoms with Crippen molar-refractivity contribution in [2.24, 2.45) is 0 Å². The van der Waals surface area contributed by atoms with E-state index in [1.165, 1.54) is 0 Å². The number of ether oxygens (including phenoxy) is 1. The van der Waals surface area contributed by atoms with E-state index >= 15 is 0 Å². The van der Waals surface area contributed by atoms with Crippen LogP contribution in [0.5, 0.6) is 5.75 Å². The fourth-order valence-electron chi connectivity index (χ4n) is 4.45. The number of oxazole rings is 1. The minimum Gasteiger partial charge on any atom is -0.490 e. The fraction of sp³-hybridized carbons (Fsp3) is 0.269. The van der Waals surface area contributed by atoms with E-state index < -0.39 is 29.7 Å². The Balaban J connectivity index is 1.18. The number of benzene rings is 2. The van der Waals surface area contributed by atoms with Gasteiger partial charge in [-0.05, 0) is 49.6 Å². The van der Waals surface area contributed by atoms with Gasteiger partial charge in [-0.3, -0.25) is 29.4 Å². The summed E-state index contributed by atoms with van der Waals surface area (Å²) in [4.78, 5) is 55.3. The van der Waals surface area contributed by atoms with Gasteiger partial charge in [0.05, 0.1) is 30.0 Å². The molecule has 1 unspecified atom stereocenters. The zero-order valence-electron chi connectivity index (χ0n) is 19.2. The van der Waals surface area contributed by atoms with Crippen LogP contribution in [0.4, 0.5) is 5.69 Å². The first-order chi connectivity index (χ1) is 17.5. The summed E-state index contributed by atoms with van der Waals surface area (Å²) in [6, 6.07) is 11.5. The standard InChI is InChI=1S/C26H22N4O6/c31-21-10-9-20(23(32)29-21)30-25(33)18-5-2-6-19(22(18)26(30)34)27-12-17-13-28-24(36-17)14-3-1-4-16(11-14)35-15-7-8-15/h1-6,11,13,15,20,27H,7-10,12H2,(H,29,31,32). The minimum atomic E-state index is -1.01. The highest BCUT2D eigenvalue weighted by Crippen LogP contribution is 2.33. The molecule has 2 N–H and O–H groups in total. The Kier molecular flexibility index (Phi) is 5.28. The summed E-state index contributed by atoms with van der Waals surface area (Å²) in [7, 11) is 0. The monoisotopic (exact) mass is 486 g/mol. The number of rotatable bonds is 7. The normalized spacial score (nSPS) is 19.3. The van der Waals surface area contributed by atoms with Gasteiger partial charge in [-0.25, -0.2) is 4.98 Å². The maximum absolute atomic E-state index is 13.2. The second-order valence-corrected chi connectivity index (χ2v) is 9.01. The maximum Gasteiger partial charge on any atom is 0.264 e. The number of carbonyl (C=O) groups is 4. The molecule has 1 aliphatic carbocycles. The third kappa shape index (κ3) is 4.00. The van der Waals surface area contributed by atoms with Crippen molar-refractivity contribution >= 4 is 29.3 Å².